The number of hydrogen-bond donors (Lipinski definition) is 2. The number of rotatable bonds is 2. The first-order valence-electron chi connectivity index (χ1n) is 6.28. The molecule has 2 aromatic heterocycles. The summed E-state index contributed by atoms with van der Waals surface area (Å²) >= 11 is 10.9. The van der Waals surface area contributed by atoms with Crippen LogP contribution in [0.15, 0.2) is 23.3 Å². The number of hydrogen-bond acceptors (Lipinski definition) is 4. The molecule has 5 nitrogen and oxygen atoms in total. The van der Waals surface area contributed by atoms with Gasteiger partial charge in [0, 0.05) is 44.1 Å². The van der Waals surface area contributed by atoms with Crippen molar-refractivity contribution in [1.82, 2.24) is 19.9 Å². The van der Waals surface area contributed by atoms with E-state index in [-0.39, 0.29) is 5.56 Å². The van der Waals surface area contributed by atoms with Crippen molar-refractivity contribution in [3.05, 3.63) is 55.4 Å². The second kappa shape index (κ2) is 5.47. The highest BCUT2D eigenvalue weighted by molar-refractivity contribution is 7.71. The fourth-order valence-electron chi connectivity index (χ4n) is 2.45. The third-order valence-electron chi connectivity index (χ3n) is 3.36. The molecular formula is C13H13ClN4OS. The van der Waals surface area contributed by atoms with Crippen LogP contribution in [0, 0.1) is 4.77 Å². The number of pyridine rings is 1. The van der Waals surface area contributed by atoms with Crippen LogP contribution >= 0.6 is 23.8 Å². The van der Waals surface area contributed by atoms with E-state index in [9.17, 15) is 4.79 Å². The van der Waals surface area contributed by atoms with Gasteiger partial charge in [0.2, 0.25) is 0 Å². The zero-order valence-electron chi connectivity index (χ0n) is 10.6. The lowest BCUT2D eigenvalue weighted by atomic mass is 10.1. The maximum atomic E-state index is 11.9. The Morgan fingerprint density at radius 1 is 1.40 bits per heavy atom. The van der Waals surface area contributed by atoms with Gasteiger partial charge in [-0.15, -0.1) is 0 Å². The fraction of sp³-hybridized carbons (Fsp3) is 0.308. The Bertz CT molecular complexity index is 755. The molecule has 0 bridgehead atoms. The van der Waals surface area contributed by atoms with Crippen molar-refractivity contribution in [3.63, 3.8) is 0 Å². The molecule has 0 spiro atoms. The fourth-order valence-corrected chi connectivity index (χ4v) is 2.86. The predicted molar refractivity (Wildman–Crippen MR) is 79.3 cm³/mol. The Hall–Kier alpha value is -1.50. The molecule has 3 rings (SSSR count). The zero-order chi connectivity index (χ0) is 14.1. The Kier molecular flexibility index (Phi) is 3.69. The molecule has 104 valence electrons. The highest BCUT2D eigenvalue weighted by atomic mass is 35.5. The van der Waals surface area contributed by atoms with Crippen molar-refractivity contribution in [1.29, 1.82) is 0 Å². The van der Waals surface area contributed by atoms with Crippen molar-refractivity contribution >= 4 is 23.8 Å². The Morgan fingerprint density at radius 3 is 3.05 bits per heavy atom. The van der Waals surface area contributed by atoms with Crippen molar-refractivity contribution in [2.75, 3.05) is 6.54 Å². The van der Waals surface area contributed by atoms with Gasteiger partial charge in [0.05, 0.1) is 10.6 Å². The van der Waals surface area contributed by atoms with Gasteiger partial charge < -0.3 is 4.98 Å². The van der Waals surface area contributed by atoms with Gasteiger partial charge in [-0.1, -0.05) is 11.6 Å². The lowest BCUT2D eigenvalue weighted by Gasteiger charge is -2.27. The molecule has 0 radical (unpaired) electrons. The van der Waals surface area contributed by atoms with Crippen LogP contribution in [0.3, 0.4) is 0 Å². The Balaban J connectivity index is 1.82. The summed E-state index contributed by atoms with van der Waals surface area (Å²) in [5.74, 6) is 0. The van der Waals surface area contributed by atoms with Gasteiger partial charge in [0.25, 0.3) is 5.56 Å². The van der Waals surface area contributed by atoms with Crippen LogP contribution in [-0.4, -0.2) is 26.4 Å². The minimum Gasteiger partial charge on any atom is -0.335 e. The van der Waals surface area contributed by atoms with Crippen LogP contribution < -0.4 is 5.56 Å². The summed E-state index contributed by atoms with van der Waals surface area (Å²) in [6.45, 7) is 2.19. The summed E-state index contributed by atoms with van der Waals surface area (Å²) in [5.41, 5.74) is 2.65. The molecule has 1 aliphatic heterocycles. The first-order valence-corrected chi connectivity index (χ1v) is 7.06. The molecule has 1 aliphatic rings. The van der Waals surface area contributed by atoms with Crippen LogP contribution in [0.4, 0.5) is 0 Å². The molecule has 7 heteroatoms. The standard InChI is InChI=1S/C13H13ClN4OS/c14-9-3-8(4-15-5-9)6-18-2-1-11-10(7-18)12(19)17-13(20)16-11/h3-5H,1-2,6-7H2,(H2,16,17,19,20). The smallest absolute Gasteiger partial charge is 0.256 e. The van der Waals surface area contributed by atoms with E-state index >= 15 is 0 Å². The van der Waals surface area contributed by atoms with Gasteiger partial charge >= 0.3 is 0 Å². The van der Waals surface area contributed by atoms with E-state index in [4.69, 9.17) is 23.8 Å². The number of halogens is 1. The van der Waals surface area contributed by atoms with E-state index in [0.717, 1.165) is 36.3 Å². The van der Waals surface area contributed by atoms with Gasteiger partial charge in [-0.05, 0) is 23.8 Å². The van der Waals surface area contributed by atoms with Gasteiger partial charge in [0.15, 0.2) is 4.77 Å². The second-order valence-electron chi connectivity index (χ2n) is 4.84. The first-order chi connectivity index (χ1) is 9.61. The Labute approximate surface area is 125 Å². The van der Waals surface area contributed by atoms with Gasteiger partial charge in [-0.2, -0.15) is 0 Å². The minimum atomic E-state index is -0.0994. The van der Waals surface area contributed by atoms with Crippen molar-refractivity contribution in [2.24, 2.45) is 0 Å². The molecule has 0 atom stereocenters. The van der Waals surface area contributed by atoms with Crippen LogP contribution in [0.1, 0.15) is 16.8 Å². The van der Waals surface area contributed by atoms with E-state index in [1.54, 1.807) is 12.4 Å². The first kappa shape index (κ1) is 13.5. The molecule has 20 heavy (non-hydrogen) atoms. The number of aromatic nitrogens is 3. The summed E-state index contributed by atoms with van der Waals surface area (Å²) < 4.78 is 0.390. The zero-order valence-corrected chi connectivity index (χ0v) is 12.2. The van der Waals surface area contributed by atoms with Gasteiger partial charge in [-0.3, -0.25) is 19.7 Å². The monoisotopic (exact) mass is 308 g/mol. The van der Waals surface area contributed by atoms with E-state index in [0.29, 0.717) is 16.3 Å². The summed E-state index contributed by atoms with van der Waals surface area (Å²) in [6.07, 6.45) is 4.20. The topological polar surface area (TPSA) is 64.8 Å². The molecule has 0 aliphatic carbocycles. The predicted octanol–water partition coefficient (Wildman–Crippen LogP) is 2.04. The normalized spacial score (nSPS) is 15.1. The quantitative estimate of drug-likeness (QED) is 0.833. The number of nitrogens with zero attached hydrogens (tertiary/aromatic N) is 2. The number of H-pyrrole nitrogens is 2. The minimum absolute atomic E-state index is 0.0994. The van der Waals surface area contributed by atoms with Gasteiger partial charge in [0.1, 0.15) is 0 Å². The average molecular weight is 309 g/mol. The lowest BCUT2D eigenvalue weighted by molar-refractivity contribution is 0.241. The van der Waals surface area contributed by atoms with Crippen molar-refractivity contribution in [2.45, 2.75) is 19.5 Å². The Morgan fingerprint density at radius 2 is 2.25 bits per heavy atom. The molecule has 0 aromatic carbocycles. The molecule has 0 fully saturated rings. The third-order valence-corrected chi connectivity index (χ3v) is 3.77. The summed E-state index contributed by atoms with van der Waals surface area (Å²) in [7, 11) is 0. The largest absolute Gasteiger partial charge is 0.335 e. The molecule has 0 saturated carbocycles. The molecule has 0 amide bonds. The van der Waals surface area contributed by atoms with Crippen LogP contribution in [-0.2, 0) is 19.5 Å². The van der Waals surface area contributed by atoms with Gasteiger partial charge in [-0.25, -0.2) is 0 Å². The van der Waals surface area contributed by atoms with Crippen LogP contribution in [0.25, 0.3) is 0 Å². The number of aromatic amines is 2. The maximum absolute atomic E-state index is 11.9. The van der Waals surface area contributed by atoms with Crippen LogP contribution in [0.5, 0.6) is 0 Å². The molecular weight excluding hydrogens is 296 g/mol. The number of fused-ring (bicyclic) bond motifs is 1. The second-order valence-corrected chi connectivity index (χ2v) is 5.68. The number of nitrogens with one attached hydrogen (secondary N) is 2. The summed E-state index contributed by atoms with van der Waals surface area (Å²) in [6, 6.07) is 1.90. The summed E-state index contributed by atoms with van der Waals surface area (Å²) in [4.78, 5) is 23.9. The third kappa shape index (κ3) is 2.82. The van der Waals surface area contributed by atoms with E-state index < -0.39 is 0 Å². The molecule has 2 N–H and O–H groups in total. The van der Waals surface area contributed by atoms with E-state index in [1.807, 2.05) is 6.07 Å². The molecule has 2 aromatic rings. The van der Waals surface area contributed by atoms with Crippen molar-refractivity contribution < 1.29 is 0 Å². The summed E-state index contributed by atoms with van der Waals surface area (Å²) in [5, 5.41) is 0.627. The molecule has 3 heterocycles. The molecule has 0 saturated heterocycles. The highest BCUT2D eigenvalue weighted by Crippen LogP contribution is 2.17. The van der Waals surface area contributed by atoms with Crippen LogP contribution in [0.2, 0.25) is 5.02 Å². The lowest BCUT2D eigenvalue weighted by Crippen LogP contribution is -2.35. The highest BCUT2D eigenvalue weighted by Gasteiger charge is 2.19. The van der Waals surface area contributed by atoms with E-state index in [1.165, 1.54) is 0 Å². The van der Waals surface area contributed by atoms with Crippen molar-refractivity contribution in [3.8, 4) is 0 Å². The SMILES string of the molecule is O=c1[nH]c(=S)[nH]c2c1CN(Cc1cncc(Cl)c1)CC2. The maximum Gasteiger partial charge on any atom is 0.256 e. The van der Waals surface area contributed by atoms with E-state index in [2.05, 4.69) is 19.9 Å². The molecule has 0 unspecified atom stereocenters. The average Bonchev–Trinajstić information content (AvgIpc) is 2.39.